The number of aromatic nitrogens is 2. The number of carboxylic acids is 1. The molecule has 0 aliphatic heterocycles. The molecule has 1 fully saturated rings. The Bertz CT molecular complexity index is 425. The molecule has 1 aromatic rings. The van der Waals surface area contributed by atoms with Gasteiger partial charge in [0, 0.05) is 6.20 Å². The first-order valence-electron chi connectivity index (χ1n) is 4.97. The first-order valence-corrected chi connectivity index (χ1v) is 4.97. The van der Waals surface area contributed by atoms with Crippen molar-refractivity contribution in [3.05, 3.63) is 12.4 Å². The maximum Gasteiger partial charge on any atom is 0.307 e. The largest absolute Gasteiger partial charge is 0.481 e. The van der Waals surface area contributed by atoms with Crippen molar-refractivity contribution < 1.29 is 14.7 Å². The number of nitrogens with one attached hydrogen (secondary N) is 2. The van der Waals surface area contributed by atoms with Gasteiger partial charge in [0.1, 0.15) is 0 Å². The molecule has 0 bridgehead atoms. The van der Waals surface area contributed by atoms with Gasteiger partial charge in [0.15, 0.2) is 0 Å². The third kappa shape index (κ3) is 1.56. The van der Waals surface area contributed by atoms with E-state index in [9.17, 15) is 9.59 Å². The van der Waals surface area contributed by atoms with Crippen molar-refractivity contribution in [3.63, 3.8) is 0 Å². The van der Waals surface area contributed by atoms with Crippen molar-refractivity contribution in [1.29, 1.82) is 0 Å². The van der Waals surface area contributed by atoms with Gasteiger partial charge in [-0.2, -0.15) is 5.10 Å². The van der Waals surface area contributed by atoms with Crippen LogP contribution in [0.15, 0.2) is 12.4 Å². The van der Waals surface area contributed by atoms with Crippen LogP contribution in [0.1, 0.15) is 13.8 Å². The molecule has 0 saturated heterocycles. The molecule has 1 aliphatic rings. The van der Waals surface area contributed by atoms with E-state index in [0.29, 0.717) is 5.69 Å². The van der Waals surface area contributed by atoms with E-state index in [2.05, 4.69) is 15.5 Å². The molecule has 2 unspecified atom stereocenters. The quantitative estimate of drug-likeness (QED) is 0.703. The number of hydrogen-bond donors (Lipinski definition) is 3. The van der Waals surface area contributed by atoms with Gasteiger partial charge >= 0.3 is 5.97 Å². The maximum atomic E-state index is 11.8. The summed E-state index contributed by atoms with van der Waals surface area (Å²) in [7, 11) is 0. The number of amides is 1. The van der Waals surface area contributed by atoms with E-state index in [1.807, 2.05) is 0 Å². The van der Waals surface area contributed by atoms with Gasteiger partial charge in [0.25, 0.3) is 0 Å². The average Bonchev–Trinajstić information content (AvgIpc) is 2.58. The number of nitrogens with zero attached hydrogens (tertiary/aromatic N) is 1. The van der Waals surface area contributed by atoms with E-state index in [1.165, 1.54) is 6.20 Å². The Kier molecular flexibility index (Phi) is 2.22. The molecule has 86 valence electrons. The second-order valence-electron chi connectivity index (χ2n) is 4.59. The Labute approximate surface area is 92.0 Å². The fraction of sp³-hybridized carbons (Fsp3) is 0.500. The van der Waals surface area contributed by atoms with Gasteiger partial charge in [-0.25, -0.2) is 0 Å². The zero-order valence-electron chi connectivity index (χ0n) is 9.02. The second-order valence-corrected chi connectivity index (χ2v) is 4.59. The minimum atomic E-state index is -0.919. The smallest absolute Gasteiger partial charge is 0.307 e. The Morgan fingerprint density at radius 3 is 2.62 bits per heavy atom. The van der Waals surface area contributed by atoms with Crippen LogP contribution in [0.5, 0.6) is 0 Å². The maximum absolute atomic E-state index is 11.8. The van der Waals surface area contributed by atoms with Gasteiger partial charge in [-0.3, -0.25) is 14.7 Å². The molecule has 0 radical (unpaired) electrons. The molecule has 3 N–H and O–H groups in total. The zero-order valence-corrected chi connectivity index (χ0v) is 9.02. The summed E-state index contributed by atoms with van der Waals surface area (Å²) in [6.45, 7) is 3.57. The first kappa shape index (κ1) is 10.7. The van der Waals surface area contributed by atoms with Crippen molar-refractivity contribution >= 4 is 17.6 Å². The van der Waals surface area contributed by atoms with Crippen LogP contribution in [0.4, 0.5) is 5.69 Å². The number of carbonyl (C=O) groups excluding carboxylic acids is 1. The van der Waals surface area contributed by atoms with Crippen LogP contribution in [-0.4, -0.2) is 27.2 Å². The van der Waals surface area contributed by atoms with Crippen LogP contribution in [0.25, 0.3) is 0 Å². The van der Waals surface area contributed by atoms with E-state index >= 15 is 0 Å². The molecule has 1 heterocycles. The number of hydrogen-bond acceptors (Lipinski definition) is 3. The lowest BCUT2D eigenvalue weighted by molar-refractivity contribution is -0.140. The molecule has 0 aromatic carbocycles. The number of anilines is 1. The van der Waals surface area contributed by atoms with E-state index in [0.717, 1.165) is 0 Å². The lowest BCUT2D eigenvalue weighted by Crippen LogP contribution is -2.17. The summed E-state index contributed by atoms with van der Waals surface area (Å²) in [6.07, 6.45) is 3.02. The van der Waals surface area contributed by atoms with Gasteiger partial charge in [0.2, 0.25) is 5.91 Å². The van der Waals surface area contributed by atoms with Gasteiger partial charge in [-0.05, 0) is 5.41 Å². The van der Waals surface area contributed by atoms with Crippen LogP contribution in [0, 0.1) is 17.3 Å². The summed E-state index contributed by atoms with van der Waals surface area (Å²) in [5.41, 5.74) is 0.0801. The van der Waals surface area contributed by atoms with Crippen LogP contribution in [0.3, 0.4) is 0 Å². The van der Waals surface area contributed by atoms with Crippen molar-refractivity contribution in [2.45, 2.75) is 13.8 Å². The number of aromatic amines is 1. The Morgan fingerprint density at radius 2 is 2.19 bits per heavy atom. The predicted octanol–water partition coefficient (Wildman–Crippen LogP) is 0.705. The monoisotopic (exact) mass is 223 g/mol. The lowest BCUT2D eigenvalue weighted by atomic mass is 10.1. The molecule has 16 heavy (non-hydrogen) atoms. The summed E-state index contributed by atoms with van der Waals surface area (Å²) in [5, 5.41) is 17.8. The van der Waals surface area contributed by atoms with Crippen molar-refractivity contribution in [2.75, 3.05) is 5.32 Å². The third-order valence-electron chi connectivity index (χ3n) is 3.14. The van der Waals surface area contributed by atoms with Crippen LogP contribution in [-0.2, 0) is 9.59 Å². The highest BCUT2D eigenvalue weighted by Crippen LogP contribution is 2.58. The molecule has 6 nitrogen and oxygen atoms in total. The summed E-state index contributed by atoms with van der Waals surface area (Å²) >= 11 is 0. The van der Waals surface area contributed by atoms with Crippen molar-refractivity contribution in [3.8, 4) is 0 Å². The number of carboxylic acid groups (broad SMARTS) is 1. The fourth-order valence-electron chi connectivity index (χ4n) is 2.13. The van der Waals surface area contributed by atoms with Crippen LogP contribution < -0.4 is 5.32 Å². The van der Waals surface area contributed by atoms with Gasteiger partial charge in [-0.15, -0.1) is 0 Å². The molecule has 1 aromatic heterocycles. The minimum Gasteiger partial charge on any atom is -0.481 e. The fourth-order valence-corrected chi connectivity index (χ4v) is 2.13. The van der Waals surface area contributed by atoms with Crippen LogP contribution in [0.2, 0.25) is 0 Å². The topological polar surface area (TPSA) is 95.1 Å². The number of rotatable bonds is 3. The van der Waals surface area contributed by atoms with Crippen molar-refractivity contribution in [2.24, 2.45) is 17.3 Å². The highest BCUT2D eigenvalue weighted by atomic mass is 16.4. The molecule has 1 aliphatic carbocycles. The molecule has 2 atom stereocenters. The first-order chi connectivity index (χ1) is 7.44. The summed E-state index contributed by atoms with van der Waals surface area (Å²) in [4.78, 5) is 22.7. The van der Waals surface area contributed by atoms with E-state index in [1.54, 1.807) is 20.0 Å². The molecular weight excluding hydrogens is 210 g/mol. The zero-order chi connectivity index (χ0) is 11.9. The second kappa shape index (κ2) is 3.33. The van der Waals surface area contributed by atoms with Crippen LogP contribution >= 0.6 is 0 Å². The summed E-state index contributed by atoms with van der Waals surface area (Å²) < 4.78 is 0. The standard InChI is InChI=1S/C10H13N3O3/c1-10(2)6(7(10)9(15)16)8(14)13-5-3-11-12-4-5/h3-4,6-7H,1-2H3,(H,11,12)(H,13,14)(H,15,16). The number of carbonyl (C=O) groups is 2. The molecule has 0 spiro atoms. The average molecular weight is 223 g/mol. The number of H-pyrrole nitrogens is 1. The molecule has 1 saturated carbocycles. The Hall–Kier alpha value is -1.85. The Morgan fingerprint density at radius 1 is 1.50 bits per heavy atom. The summed E-state index contributed by atoms with van der Waals surface area (Å²) in [5.74, 6) is -2.25. The normalized spacial score (nSPS) is 26.1. The van der Waals surface area contributed by atoms with E-state index < -0.39 is 23.2 Å². The highest BCUT2D eigenvalue weighted by Gasteiger charge is 2.65. The van der Waals surface area contributed by atoms with E-state index in [-0.39, 0.29) is 5.91 Å². The Balaban J connectivity index is 2.05. The lowest BCUT2D eigenvalue weighted by Gasteiger charge is -2.02. The number of aliphatic carboxylic acids is 1. The molecule has 1 amide bonds. The van der Waals surface area contributed by atoms with Gasteiger partial charge in [-0.1, -0.05) is 13.8 Å². The molecular formula is C10H13N3O3. The minimum absolute atomic E-state index is 0.265. The third-order valence-corrected chi connectivity index (χ3v) is 3.14. The molecule has 2 rings (SSSR count). The van der Waals surface area contributed by atoms with Gasteiger partial charge < -0.3 is 10.4 Å². The highest BCUT2D eigenvalue weighted by molar-refractivity contribution is 5.99. The molecule has 6 heteroatoms. The summed E-state index contributed by atoms with van der Waals surface area (Å²) in [6, 6.07) is 0. The SMILES string of the molecule is CC1(C)C(C(=O)O)C1C(=O)Nc1cn[nH]c1. The van der Waals surface area contributed by atoms with Crippen molar-refractivity contribution in [1.82, 2.24) is 10.2 Å². The predicted molar refractivity (Wildman–Crippen MR) is 55.6 cm³/mol. The van der Waals surface area contributed by atoms with E-state index in [4.69, 9.17) is 5.11 Å². The van der Waals surface area contributed by atoms with Gasteiger partial charge in [0.05, 0.1) is 23.7 Å².